The number of hydrogen-bond donors (Lipinski definition) is 2. The first-order chi connectivity index (χ1) is 8.57. The fraction of sp³-hybridized carbons (Fsp3) is 0.600. The molecule has 1 aliphatic rings. The Balaban J connectivity index is 2.24. The molecule has 0 amide bonds. The summed E-state index contributed by atoms with van der Waals surface area (Å²) in [5.74, 6) is -0.206. The van der Waals surface area contributed by atoms with Crippen molar-refractivity contribution in [1.29, 1.82) is 0 Å². The van der Waals surface area contributed by atoms with Crippen LogP contribution in [-0.4, -0.2) is 17.8 Å². The van der Waals surface area contributed by atoms with Gasteiger partial charge in [0.15, 0.2) is 0 Å². The quantitative estimate of drug-likeness (QED) is 0.867. The van der Waals surface area contributed by atoms with E-state index in [0.29, 0.717) is 6.54 Å². The maximum atomic E-state index is 13.1. The van der Waals surface area contributed by atoms with Gasteiger partial charge in [-0.1, -0.05) is 18.9 Å². The van der Waals surface area contributed by atoms with Gasteiger partial charge in [0.25, 0.3) is 0 Å². The summed E-state index contributed by atoms with van der Waals surface area (Å²) in [4.78, 5) is 0. The number of benzene rings is 1. The first-order valence-corrected chi connectivity index (χ1v) is 6.70. The monoisotopic (exact) mass is 251 g/mol. The number of halogens is 1. The minimum Gasteiger partial charge on any atom is -0.392 e. The molecule has 1 aromatic rings. The highest BCUT2D eigenvalue weighted by molar-refractivity contribution is 5.28. The van der Waals surface area contributed by atoms with Gasteiger partial charge in [-0.05, 0) is 49.4 Å². The lowest BCUT2D eigenvalue weighted by Gasteiger charge is -2.41. The van der Waals surface area contributed by atoms with Gasteiger partial charge in [0.1, 0.15) is 5.82 Å². The van der Waals surface area contributed by atoms with E-state index in [4.69, 9.17) is 5.73 Å². The van der Waals surface area contributed by atoms with Gasteiger partial charge in [0.2, 0.25) is 0 Å². The summed E-state index contributed by atoms with van der Waals surface area (Å²) in [7, 11) is 0. The van der Waals surface area contributed by atoms with E-state index < -0.39 is 0 Å². The molecular weight excluding hydrogens is 229 g/mol. The number of hydrogen-bond acceptors (Lipinski definition) is 2. The average molecular weight is 251 g/mol. The topological polar surface area (TPSA) is 46.2 Å². The molecule has 2 unspecified atom stereocenters. The zero-order valence-electron chi connectivity index (χ0n) is 11.0. The second-order valence-corrected chi connectivity index (χ2v) is 5.58. The molecule has 0 spiro atoms. The number of aryl methyl sites for hydroxylation is 1. The van der Waals surface area contributed by atoms with Crippen LogP contribution in [0.25, 0.3) is 0 Å². The van der Waals surface area contributed by atoms with E-state index in [-0.39, 0.29) is 17.3 Å². The minimum absolute atomic E-state index is 0.206. The molecule has 18 heavy (non-hydrogen) atoms. The average Bonchev–Trinajstić information content (AvgIpc) is 2.35. The van der Waals surface area contributed by atoms with Gasteiger partial charge in [0.05, 0.1) is 6.10 Å². The van der Waals surface area contributed by atoms with Crippen molar-refractivity contribution < 1.29 is 9.50 Å². The van der Waals surface area contributed by atoms with Crippen molar-refractivity contribution in [1.82, 2.24) is 0 Å². The van der Waals surface area contributed by atoms with Crippen molar-refractivity contribution in [3.8, 4) is 0 Å². The van der Waals surface area contributed by atoms with Crippen LogP contribution >= 0.6 is 0 Å². The summed E-state index contributed by atoms with van der Waals surface area (Å²) >= 11 is 0. The second-order valence-electron chi connectivity index (χ2n) is 5.58. The lowest BCUT2D eigenvalue weighted by atomic mass is 9.68. The molecule has 1 aromatic carbocycles. The smallest absolute Gasteiger partial charge is 0.123 e. The summed E-state index contributed by atoms with van der Waals surface area (Å²) in [6.07, 6.45) is 4.40. The number of aliphatic hydroxyl groups is 1. The second kappa shape index (κ2) is 5.37. The van der Waals surface area contributed by atoms with E-state index in [1.54, 1.807) is 6.07 Å². The number of nitrogens with two attached hydrogens (primary N) is 1. The van der Waals surface area contributed by atoms with Gasteiger partial charge in [-0.25, -0.2) is 4.39 Å². The van der Waals surface area contributed by atoms with Crippen LogP contribution in [0.5, 0.6) is 0 Å². The molecule has 3 N–H and O–H groups in total. The Morgan fingerprint density at radius 1 is 1.44 bits per heavy atom. The van der Waals surface area contributed by atoms with Crippen LogP contribution in [0.1, 0.15) is 36.8 Å². The number of rotatable bonds is 3. The molecular formula is C15H22FNO. The lowest BCUT2D eigenvalue weighted by molar-refractivity contribution is -0.00593. The van der Waals surface area contributed by atoms with Crippen LogP contribution in [0.4, 0.5) is 4.39 Å². The molecule has 0 radical (unpaired) electrons. The fourth-order valence-electron chi connectivity index (χ4n) is 3.04. The van der Waals surface area contributed by atoms with Crippen LogP contribution in [0.2, 0.25) is 0 Å². The van der Waals surface area contributed by atoms with Crippen LogP contribution < -0.4 is 5.73 Å². The van der Waals surface area contributed by atoms with Crippen LogP contribution in [-0.2, 0) is 6.42 Å². The SMILES string of the molecule is Cc1cc(F)ccc1CC1(CN)CCCCC1O. The normalized spacial score (nSPS) is 28.3. The Morgan fingerprint density at radius 2 is 2.22 bits per heavy atom. The zero-order valence-corrected chi connectivity index (χ0v) is 11.0. The molecule has 3 heteroatoms. The third-order valence-corrected chi connectivity index (χ3v) is 4.36. The first-order valence-electron chi connectivity index (χ1n) is 6.70. The van der Waals surface area contributed by atoms with Gasteiger partial charge < -0.3 is 10.8 Å². The summed E-state index contributed by atoms with van der Waals surface area (Å²) in [5, 5.41) is 10.3. The Bertz CT molecular complexity index is 421. The fourth-order valence-corrected chi connectivity index (χ4v) is 3.04. The Labute approximate surface area is 108 Å². The summed E-state index contributed by atoms with van der Waals surface area (Å²) in [5.41, 5.74) is 7.75. The Kier molecular flexibility index (Phi) is 4.03. The summed E-state index contributed by atoms with van der Waals surface area (Å²) in [6, 6.07) is 4.86. The van der Waals surface area contributed by atoms with E-state index >= 15 is 0 Å². The third kappa shape index (κ3) is 2.57. The molecule has 0 heterocycles. The molecule has 2 rings (SSSR count). The standard InChI is InChI=1S/C15H22FNO/c1-11-8-13(16)6-5-12(11)9-15(10-17)7-3-2-4-14(15)18/h5-6,8,14,18H,2-4,7,9-10,17H2,1H3. The molecule has 0 aliphatic heterocycles. The van der Waals surface area contributed by atoms with E-state index in [9.17, 15) is 9.50 Å². The highest BCUT2D eigenvalue weighted by Crippen LogP contribution is 2.39. The molecule has 1 aliphatic carbocycles. The van der Waals surface area contributed by atoms with Crippen molar-refractivity contribution in [3.05, 3.63) is 35.1 Å². The van der Waals surface area contributed by atoms with Gasteiger partial charge >= 0.3 is 0 Å². The van der Waals surface area contributed by atoms with Crippen LogP contribution in [0.3, 0.4) is 0 Å². The van der Waals surface area contributed by atoms with Crippen LogP contribution in [0.15, 0.2) is 18.2 Å². The number of aliphatic hydroxyl groups excluding tert-OH is 1. The highest BCUT2D eigenvalue weighted by atomic mass is 19.1. The molecule has 0 aromatic heterocycles. The minimum atomic E-state index is -0.333. The molecule has 1 fully saturated rings. The molecule has 2 nitrogen and oxygen atoms in total. The largest absolute Gasteiger partial charge is 0.392 e. The molecule has 2 atom stereocenters. The van der Waals surface area contributed by atoms with E-state index in [1.165, 1.54) is 6.07 Å². The van der Waals surface area contributed by atoms with E-state index in [0.717, 1.165) is 43.2 Å². The van der Waals surface area contributed by atoms with E-state index in [2.05, 4.69) is 0 Å². The van der Waals surface area contributed by atoms with E-state index in [1.807, 2.05) is 13.0 Å². The van der Waals surface area contributed by atoms with Crippen molar-refractivity contribution in [2.24, 2.45) is 11.1 Å². The van der Waals surface area contributed by atoms with Gasteiger partial charge in [-0.3, -0.25) is 0 Å². The first kappa shape index (κ1) is 13.5. The summed E-state index contributed by atoms with van der Waals surface area (Å²) < 4.78 is 13.1. The molecule has 1 saturated carbocycles. The Morgan fingerprint density at radius 3 is 2.83 bits per heavy atom. The molecule has 0 bridgehead atoms. The lowest BCUT2D eigenvalue weighted by Crippen LogP contribution is -2.45. The maximum absolute atomic E-state index is 13.1. The van der Waals surface area contributed by atoms with Gasteiger partial charge in [-0.15, -0.1) is 0 Å². The predicted octanol–water partition coefficient (Wildman–Crippen LogP) is 2.56. The highest BCUT2D eigenvalue weighted by Gasteiger charge is 2.38. The molecule has 100 valence electrons. The van der Waals surface area contributed by atoms with Crippen LogP contribution in [0, 0.1) is 18.2 Å². The van der Waals surface area contributed by atoms with Crippen molar-refractivity contribution in [2.45, 2.75) is 45.1 Å². The third-order valence-electron chi connectivity index (χ3n) is 4.36. The van der Waals surface area contributed by atoms with Gasteiger partial charge in [-0.2, -0.15) is 0 Å². The zero-order chi connectivity index (χ0) is 13.2. The Hall–Kier alpha value is -0.930. The molecule has 0 saturated heterocycles. The maximum Gasteiger partial charge on any atom is 0.123 e. The van der Waals surface area contributed by atoms with Crippen molar-refractivity contribution in [2.75, 3.05) is 6.54 Å². The van der Waals surface area contributed by atoms with Crippen molar-refractivity contribution in [3.63, 3.8) is 0 Å². The van der Waals surface area contributed by atoms with Crippen molar-refractivity contribution >= 4 is 0 Å². The predicted molar refractivity (Wildman–Crippen MR) is 70.8 cm³/mol. The summed E-state index contributed by atoms with van der Waals surface area (Å²) in [6.45, 7) is 2.41. The van der Waals surface area contributed by atoms with Gasteiger partial charge in [0, 0.05) is 12.0 Å².